The standard InChI is InChI=1S/C11H15N5O4/c17-10-7-15(4-1-3-12-10)11(18)2-5-14-6-9(13-8-14)16(19)20/h6,8H,1-5,7H2,(H,12,17). The lowest BCUT2D eigenvalue weighted by Crippen LogP contribution is -2.37. The smallest absolute Gasteiger partial charge is 0.358 e. The van der Waals surface area contributed by atoms with Crippen molar-refractivity contribution in [1.82, 2.24) is 19.8 Å². The first kappa shape index (κ1) is 14.0. The molecule has 0 radical (unpaired) electrons. The number of aryl methyl sites for hydroxylation is 1. The highest BCUT2D eigenvalue weighted by Gasteiger charge is 2.19. The number of rotatable bonds is 4. The van der Waals surface area contributed by atoms with E-state index in [4.69, 9.17) is 0 Å². The molecule has 108 valence electrons. The number of carbonyl (C=O) groups is 2. The molecule has 1 aromatic heterocycles. The van der Waals surface area contributed by atoms with Crippen molar-refractivity contribution in [1.29, 1.82) is 0 Å². The number of imidazole rings is 1. The Balaban J connectivity index is 1.87. The van der Waals surface area contributed by atoms with Crippen LogP contribution in [0.1, 0.15) is 12.8 Å². The van der Waals surface area contributed by atoms with Gasteiger partial charge in [0.25, 0.3) is 0 Å². The Bertz CT molecular complexity index is 527. The van der Waals surface area contributed by atoms with Gasteiger partial charge in [0.1, 0.15) is 6.20 Å². The van der Waals surface area contributed by atoms with E-state index < -0.39 is 4.92 Å². The topological polar surface area (TPSA) is 110 Å². The first-order chi connectivity index (χ1) is 9.56. The molecule has 1 aliphatic rings. The van der Waals surface area contributed by atoms with Gasteiger partial charge in [0, 0.05) is 26.1 Å². The minimum atomic E-state index is -0.586. The maximum Gasteiger partial charge on any atom is 0.381 e. The van der Waals surface area contributed by atoms with E-state index in [-0.39, 0.29) is 30.6 Å². The molecule has 1 aliphatic heterocycles. The summed E-state index contributed by atoms with van der Waals surface area (Å²) in [6.45, 7) is 1.50. The largest absolute Gasteiger partial charge is 0.381 e. The molecule has 2 heterocycles. The van der Waals surface area contributed by atoms with Crippen molar-refractivity contribution >= 4 is 17.6 Å². The first-order valence-electron chi connectivity index (χ1n) is 6.27. The van der Waals surface area contributed by atoms with E-state index >= 15 is 0 Å². The molecule has 0 spiro atoms. The second kappa shape index (κ2) is 6.13. The minimum Gasteiger partial charge on any atom is -0.358 e. The molecule has 0 atom stereocenters. The molecule has 0 aliphatic carbocycles. The van der Waals surface area contributed by atoms with Crippen LogP contribution in [0, 0.1) is 10.1 Å². The third-order valence-electron chi connectivity index (χ3n) is 3.00. The van der Waals surface area contributed by atoms with Crippen LogP contribution in [0.5, 0.6) is 0 Å². The Kier molecular flexibility index (Phi) is 4.28. The summed E-state index contributed by atoms with van der Waals surface area (Å²) in [5.74, 6) is -0.542. The second-order valence-corrected chi connectivity index (χ2v) is 4.50. The van der Waals surface area contributed by atoms with Crippen molar-refractivity contribution in [3.8, 4) is 0 Å². The van der Waals surface area contributed by atoms with Crippen molar-refractivity contribution in [3.05, 3.63) is 22.6 Å². The molecule has 2 amide bonds. The van der Waals surface area contributed by atoms with Crippen LogP contribution in [0.25, 0.3) is 0 Å². The fourth-order valence-electron chi connectivity index (χ4n) is 1.97. The quantitative estimate of drug-likeness (QED) is 0.592. The van der Waals surface area contributed by atoms with Crippen LogP contribution < -0.4 is 5.32 Å². The molecule has 0 saturated carbocycles. The highest BCUT2D eigenvalue weighted by molar-refractivity contribution is 5.85. The zero-order chi connectivity index (χ0) is 14.5. The lowest BCUT2D eigenvalue weighted by molar-refractivity contribution is -0.389. The molecule has 9 heteroatoms. The average molecular weight is 281 g/mol. The summed E-state index contributed by atoms with van der Waals surface area (Å²) < 4.78 is 1.49. The predicted octanol–water partition coefficient (Wildman–Crippen LogP) is -0.470. The first-order valence-corrected chi connectivity index (χ1v) is 6.27. The van der Waals surface area contributed by atoms with Crippen LogP contribution in [0.2, 0.25) is 0 Å². The van der Waals surface area contributed by atoms with Gasteiger partial charge in [-0.25, -0.2) is 0 Å². The van der Waals surface area contributed by atoms with Gasteiger partial charge in [-0.1, -0.05) is 0 Å². The van der Waals surface area contributed by atoms with E-state index in [1.165, 1.54) is 22.0 Å². The summed E-state index contributed by atoms with van der Waals surface area (Å²) >= 11 is 0. The SMILES string of the molecule is O=C1CN(C(=O)CCn2cnc([N+](=O)[O-])c2)CCCN1. The van der Waals surface area contributed by atoms with Crippen LogP contribution >= 0.6 is 0 Å². The van der Waals surface area contributed by atoms with Crippen LogP contribution in [-0.4, -0.2) is 50.8 Å². The summed E-state index contributed by atoms with van der Waals surface area (Å²) in [5.41, 5.74) is 0. The lowest BCUT2D eigenvalue weighted by atomic mass is 10.3. The molecular formula is C11H15N5O4. The van der Waals surface area contributed by atoms with Crippen LogP contribution in [0.3, 0.4) is 0 Å². The van der Waals surface area contributed by atoms with Crippen molar-refractivity contribution < 1.29 is 14.5 Å². The van der Waals surface area contributed by atoms with Gasteiger partial charge in [-0.3, -0.25) is 9.59 Å². The highest BCUT2D eigenvalue weighted by atomic mass is 16.6. The number of carbonyl (C=O) groups excluding carboxylic acids is 2. The molecule has 1 fully saturated rings. The third-order valence-corrected chi connectivity index (χ3v) is 3.00. The summed E-state index contributed by atoms with van der Waals surface area (Å²) in [5, 5.41) is 13.2. The molecule has 1 saturated heterocycles. The molecule has 1 aromatic rings. The predicted molar refractivity (Wildman–Crippen MR) is 67.7 cm³/mol. The van der Waals surface area contributed by atoms with Crippen LogP contribution in [0.15, 0.2) is 12.5 Å². The molecule has 0 aromatic carbocycles. The summed E-state index contributed by atoms with van der Waals surface area (Å²) in [6, 6.07) is 0. The van der Waals surface area contributed by atoms with E-state index in [2.05, 4.69) is 10.3 Å². The van der Waals surface area contributed by atoms with Gasteiger partial charge in [-0.15, -0.1) is 0 Å². The summed E-state index contributed by atoms with van der Waals surface area (Å²) in [6.07, 6.45) is 3.51. The Morgan fingerprint density at radius 1 is 1.55 bits per heavy atom. The van der Waals surface area contributed by atoms with Crippen molar-refractivity contribution in [2.75, 3.05) is 19.6 Å². The van der Waals surface area contributed by atoms with E-state index in [9.17, 15) is 19.7 Å². The Hall–Kier alpha value is -2.45. The lowest BCUT2D eigenvalue weighted by Gasteiger charge is -2.18. The van der Waals surface area contributed by atoms with Gasteiger partial charge < -0.3 is 24.9 Å². The number of aromatic nitrogens is 2. The molecule has 0 bridgehead atoms. The average Bonchev–Trinajstić information content (AvgIpc) is 2.78. The Morgan fingerprint density at radius 3 is 3.05 bits per heavy atom. The number of nitrogens with one attached hydrogen (secondary N) is 1. The normalized spacial score (nSPS) is 15.6. The summed E-state index contributed by atoms with van der Waals surface area (Å²) in [7, 11) is 0. The number of nitrogens with zero attached hydrogens (tertiary/aromatic N) is 4. The monoisotopic (exact) mass is 281 g/mol. The van der Waals surface area contributed by atoms with Gasteiger partial charge in [-0.2, -0.15) is 0 Å². The molecule has 2 rings (SSSR count). The maximum atomic E-state index is 12.0. The number of hydrogen-bond acceptors (Lipinski definition) is 5. The number of nitro groups is 1. The van der Waals surface area contributed by atoms with Crippen molar-refractivity contribution in [2.45, 2.75) is 19.4 Å². The van der Waals surface area contributed by atoms with E-state index in [0.29, 0.717) is 19.6 Å². The maximum absolute atomic E-state index is 12.0. The minimum absolute atomic E-state index is 0.0723. The van der Waals surface area contributed by atoms with Gasteiger partial charge in [0.05, 0.1) is 6.54 Å². The molecule has 0 unspecified atom stereocenters. The van der Waals surface area contributed by atoms with Crippen LogP contribution in [0.4, 0.5) is 5.82 Å². The zero-order valence-electron chi connectivity index (χ0n) is 10.8. The van der Waals surface area contributed by atoms with Crippen molar-refractivity contribution in [3.63, 3.8) is 0 Å². The van der Waals surface area contributed by atoms with E-state index in [1.807, 2.05) is 0 Å². The van der Waals surface area contributed by atoms with Gasteiger partial charge in [0.2, 0.25) is 18.1 Å². The van der Waals surface area contributed by atoms with Crippen LogP contribution in [-0.2, 0) is 16.1 Å². The number of amides is 2. The summed E-state index contributed by atoms with van der Waals surface area (Å²) in [4.78, 5) is 38.4. The molecule has 9 nitrogen and oxygen atoms in total. The van der Waals surface area contributed by atoms with E-state index in [1.54, 1.807) is 0 Å². The van der Waals surface area contributed by atoms with Gasteiger partial charge in [-0.05, 0) is 16.3 Å². The molecule has 1 N–H and O–H groups in total. The van der Waals surface area contributed by atoms with Gasteiger partial charge >= 0.3 is 5.82 Å². The van der Waals surface area contributed by atoms with E-state index in [0.717, 1.165) is 6.42 Å². The number of hydrogen-bond donors (Lipinski definition) is 1. The fourth-order valence-corrected chi connectivity index (χ4v) is 1.97. The molecule has 20 heavy (non-hydrogen) atoms. The second-order valence-electron chi connectivity index (χ2n) is 4.50. The fraction of sp³-hybridized carbons (Fsp3) is 0.545. The third kappa shape index (κ3) is 3.53. The van der Waals surface area contributed by atoms with Crippen molar-refractivity contribution in [2.24, 2.45) is 0 Å². The highest BCUT2D eigenvalue weighted by Crippen LogP contribution is 2.07. The van der Waals surface area contributed by atoms with Gasteiger partial charge in [0.15, 0.2) is 0 Å². The Morgan fingerprint density at radius 2 is 2.35 bits per heavy atom. The zero-order valence-corrected chi connectivity index (χ0v) is 10.8. The Labute approximate surface area is 114 Å². The molecular weight excluding hydrogens is 266 g/mol.